The van der Waals surface area contributed by atoms with Gasteiger partial charge >= 0.3 is 5.69 Å². The Kier molecular flexibility index (Phi) is 4.24. The Labute approximate surface area is 151 Å². The van der Waals surface area contributed by atoms with Crippen molar-refractivity contribution in [3.8, 4) is 0 Å². The van der Waals surface area contributed by atoms with Crippen LogP contribution in [0.25, 0.3) is 11.2 Å². The number of nitrogens with zero attached hydrogens (tertiary/aromatic N) is 4. The van der Waals surface area contributed by atoms with Crippen LogP contribution in [0, 0.1) is 13.8 Å². The van der Waals surface area contributed by atoms with E-state index >= 15 is 0 Å². The summed E-state index contributed by atoms with van der Waals surface area (Å²) in [6.07, 6.45) is 0. The molecule has 0 N–H and O–H groups in total. The highest BCUT2D eigenvalue weighted by molar-refractivity contribution is 9.10. The van der Waals surface area contributed by atoms with Gasteiger partial charge in [0.1, 0.15) is 0 Å². The summed E-state index contributed by atoms with van der Waals surface area (Å²) in [5.74, 6) is -0.128. The first-order valence-electron chi connectivity index (χ1n) is 7.64. The van der Waals surface area contributed by atoms with Crippen molar-refractivity contribution in [1.29, 1.82) is 0 Å². The third kappa shape index (κ3) is 2.76. The van der Waals surface area contributed by atoms with Crippen molar-refractivity contribution in [3.05, 3.63) is 60.5 Å². The van der Waals surface area contributed by atoms with Crippen LogP contribution in [-0.2, 0) is 20.6 Å². The number of aryl methyl sites for hydroxylation is 3. The minimum atomic E-state index is -0.490. The van der Waals surface area contributed by atoms with E-state index in [0.717, 1.165) is 15.7 Å². The van der Waals surface area contributed by atoms with E-state index in [9.17, 15) is 14.4 Å². The zero-order valence-electron chi connectivity index (χ0n) is 14.3. The zero-order chi connectivity index (χ0) is 18.5. The van der Waals surface area contributed by atoms with Crippen LogP contribution in [-0.4, -0.2) is 24.5 Å². The first-order chi connectivity index (χ1) is 11.7. The summed E-state index contributed by atoms with van der Waals surface area (Å²) in [5.41, 5.74) is 2.21. The molecule has 0 aliphatic rings. The molecule has 3 aromatic rings. The van der Waals surface area contributed by atoms with Crippen LogP contribution in [0.5, 0.6) is 0 Å². The second kappa shape index (κ2) is 6.11. The lowest BCUT2D eigenvalue weighted by Crippen LogP contribution is -2.37. The average molecular weight is 405 g/mol. The van der Waals surface area contributed by atoms with Gasteiger partial charge in [-0.1, -0.05) is 12.1 Å². The number of aromatic nitrogens is 4. The van der Waals surface area contributed by atoms with E-state index in [1.807, 2.05) is 26.0 Å². The first kappa shape index (κ1) is 17.3. The number of hydrogen-bond donors (Lipinski definition) is 0. The highest BCUT2D eigenvalue weighted by atomic mass is 79.9. The van der Waals surface area contributed by atoms with Gasteiger partial charge in [0.2, 0.25) is 0 Å². The second-order valence-corrected chi connectivity index (χ2v) is 6.78. The number of fused-ring (bicyclic) bond motifs is 1. The highest BCUT2D eigenvalue weighted by Crippen LogP contribution is 2.18. The van der Waals surface area contributed by atoms with E-state index in [1.54, 1.807) is 13.1 Å². The van der Waals surface area contributed by atoms with Crippen LogP contribution in [0.2, 0.25) is 0 Å². The number of Topliss-reactive ketones (excluding diaryl/α,β-unsaturated/α-hetero) is 1. The molecule has 0 saturated carbocycles. The number of halogens is 1. The van der Waals surface area contributed by atoms with Gasteiger partial charge in [-0.05, 0) is 47.0 Å². The molecule has 0 unspecified atom stereocenters. The monoisotopic (exact) mass is 404 g/mol. The number of hydrogen-bond acceptors (Lipinski definition) is 4. The number of rotatable bonds is 3. The summed E-state index contributed by atoms with van der Waals surface area (Å²) in [5, 5.41) is 0. The zero-order valence-corrected chi connectivity index (χ0v) is 15.9. The maximum atomic E-state index is 12.7. The van der Waals surface area contributed by atoms with E-state index in [-0.39, 0.29) is 17.8 Å². The highest BCUT2D eigenvalue weighted by Gasteiger charge is 2.20. The van der Waals surface area contributed by atoms with Gasteiger partial charge in [0.05, 0.1) is 6.54 Å². The third-order valence-electron chi connectivity index (χ3n) is 4.42. The largest absolute Gasteiger partial charge is 0.332 e. The summed E-state index contributed by atoms with van der Waals surface area (Å²) in [4.78, 5) is 41.3. The Balaban J connectivity index is 2.15. The molecule has 130 valence electrons. The Morgan fingerprint density at radius 3 is 2.44 bits per heavy atom. The maximum absolute atomic E-state index is 12.7. The Morgan fingerprint density at radius 1 is 1.12 bits per heavy atom. The van der Waals surface area contributed by atoms with Gasteiger partial charge in [0.25, 0.3) is 5.56 Å². The average Bonchev–Trinajstić information content (AvgIpc) is 2.90. The minimum Gasteiger partial charge on any atom is -0.296 e. The molecule has 0 aliphatic heterocycles. The molecular formula is C17H17BrN4O3. The molecule has 2 heterocycles. The van der Waals surface area contributed by atoms with E-state index in [4.69, 9.17) is 0 Å². The van der Waals surface area contributed by atoms with Crippen LogP contribution in [0.15, 0.2) is 32.5 Å². The molecule has 3 rings (SSSR count). The summed E-state index contributed by atoms with van der Waals surface area (Å²) < 4.78 is 4.19. The number of benzene rings is 1. The number of imidazole rings is 1. The number of ketones is 1. The smallest absolute Gasteiger partial charge is 0.296 e. The van der Waals surface area contributed by atoms with Crippen molar-refractivity contribution in [2.75, 3.05) is 0 Å². The van der Waals surface area contributed by atoms with Gasteiger partial charge < -0.3 is 0 Å². The topological polar surface area (TPSA) is 78.9 Å². The van der Waals surface area contributed by atoms with E-state index in [2.05, 4.69) is 20.9 Å². The number of carbonyl (C=O) groups is 1. The molecule has 2 aromatic heterocycles. The summed E-state index contributed by atoms with van der Waals surface area (Å²) in [7, 11) is 2.95. The molecule has 0 spiro atoms. The molecule has 0 radical (unpaired) electrons. The molecule has 1 aromatic carbocycles. The van der Waals surface area contributed by atoms with Crippen molar-refractivity contribution < 1.29 is 4.79 Å². The van der Waals surface area contributed by atoms with Crippen LogP contribution < -0.4 is 11.2 Å². The minimum absolute atomic E-state index is 0.0277. The fraction of sp³-hybridized carbons (Fsp3) is 0.294. The first-order valence-corrected chi connectivity index (χ1v) is 8.44. The normalized spacial score (nSPS) is 11.2. The fourth-order valence-corrected chi connectivity index (χ4v) is 3.22. The van der Waals surface area contributed by atoms with Crippen molar-refractivity contribution >= 4 is 32.9 Å². The second-order valence-electron chi connectivity index (χ2n) is 6.07. The van der Waals surface area contributed by atoms with Crippen molar-refractivity contribution in [2.24, 2.45) is 14.1 Å². The van der Waals surface area contributed by atoms with Gasteiger partial charge in [-0.15, -0.1) is 0 Å². The molecule has 0 bridgehead atoms. The molecule has 25 heavy (non-hydrogen) atoms. The fourth-order valence-electron chi connectivity index (χ4n) is 2.75. The van der Waals surface area contributed by atoms with E-state index in [1.165, 1.54) is 16.2 Å². The van der Waals surface area contributed by atoms with E-state index < -0.39 is 11.2 Å². The standard InChI is InChI=1S/C17H17BrN4O3/c1-9-5-6-11(7-10(9)2)12(23)8-22-14-13(19-16(22)18)15(24)21(4)17(25)20(14)3/h5-7H,8H2,1-4H3. The van der Waals surface area contributed by atoms with Gasteiger partial charge in [-0.2, -0.15) is 0 Å². The molecule has 0 aliphatic carbocycles. The molecule has 8 heteroatoms. The molecule has 0 atom stereocenters. The van der Waals surface area contributed by atoms with Gasteiger partial charge in [-0.3, -0.25) is 23.3 Å². The lowest BCUT2D eigenvalue weighted by molar-refractivity contribution is 0.0972. The quantitative estimate of drug-likeness (QED) is 0.491. The number of carbonyl (C=O) groups excluding carboxylic acids is 1. The predicted octanol–water partition coefficient (Wildman–Crippen LogP) is 1.70. The molecular weight excluding hydrogens is 388 g/mol. The van der Waals surface area contributed by atoms with Crippen molar-refractivity contribution in [1.82, 2.24) is 18.7 Å². The third-order valence-corrected chi connectivity index (χ3v) is 5.03. The Bertz CT molecular complexity index is 1140. The Hall–Kier alpha value is -2.48. The van der Waals surface area contributed by atoms with Gasteiger partial charge in [0, 0.05) is 19.7 Å². The van der Waals surface area contributed by atoms with Crippen molar-refractivity contribution in [3.63, 3.8) is 0 Å². The molecule has 7 nitrogen and oxygen atoms in total. The maximum Gasteiger partial charge on any atom is 0.332 e. The summed E-state index contributed by atoms with van der Waals surface area (Å²) in [6, 6.07) is 5.51. The molecule has 0 saturated heterocycles. The van der Waals surface area contributed by atoms with Crippen molar-refractivity contribution in [2.45, 2.75) is 20.4 Å². The van der Waals surface area contributed by atoms with Crippen LogP contribution >= 0.6 is 15.9 Å². The van der Waals surface area contributed by atoms with Crippen LogP contribution in [0.4, 0.5) is 0 Å². The van der Waals surface area contributed by atoms with Crippen LogP contribution in [0.1, 0.15) is 21.5 Å². The van der Waals surface area contributed by atoms with Crippen LogP contribution in [0.3, 0.4) is 0 Å². The molecule has 0 amide bonds. The van der Waals surface area contributed by atoms with Gasteiger partial charge in [-0.25, -0.2) is 9.78 Å². The lowest BCUT2D eigenvalue weighted by Gasteiger charge is -2.10. The Morgan fingerprint density at radius 2 is 1.80 bits per heavy atom. The van der Waals surface area contributed by atoms with Gasteiger partial charge in [0.15, 0.2) is 21.7 Å². The molecule has 0 fully saturated rings. The SMILES string of the molecule is Cc1ccc(C(=O)Cn2c(Br)nc3c(=O)n(C)c(=O)n(C)c32)cc1C. The predicted molar refractivity (Wildman–Crippen MR) is 98.2 cm³/mol. The summed E-state index contributed by atoms with van der Waals surface area (Å²) in [6.45, 7) is 3.90. The summed E-state index contributed by atoms with van der Waals surface area (Å²) >= 11 is 3.29. The lowest BCUT2D eigenvalue weighted by atomic mass is 10.0. The van der Waals surface area contributed by atoms with E-state index in [0.29, 0.717) is 15.9 Å².